The standard InChI is InChI=1S/C14H15N9O.C5H9NO2/c1-23(16)21-13(15)20-14-17-7-5-11(19-14)9-3-2-4-10(18-9)12-6-8-24-22-12;1-6-3-2-4(7)5(6)8/h2-8H,16H2,1H3,(H3,15,17,19,20,21);4,7H,2-3H2,1H3. The van der Waals surface area contributed by atoms with E-state index in [1.807, 2.05) is 18.2 Å². The molecule has 168 valence electrons. The number of aliphatic hydroxyl groups is 1. The van der Waals surface area contributed by atoms with Gasteiger partial charge in [0.15, 0.2) is 0 Å². The van der Waals surface area contributed by atoms with Crippen LogP contribution in [0.25, 0.3) is 22.8 Å². The van der Waals surface area contributed by atoms with Crippen LogP contribution in [0.2, 0.25) is 0 Å². The van der Waals surface area contributed by atoms with Gasteiger partial charge >= 0.3 is 0 Å². The second-order valence-electron chi connectivity index (χ2n) is 6.82. The van der Waals surface area contributed by atoms with Gasteiger partial charge < -0.3 is 20.3 Å². The van der Waals surface area contributed by atoms with Crippen molar-refractivity contribution in [3.05, 3.63) is 42.8 Å². The first-order chi connectivity index (χ1) is 15.3. The molecule has 1 amide bonds. The number of nitrogens with one attached hydrogen (secondary N) is 1. The maximum atomic E-state index is 10.6. The predicted octanol–water partition coefficient (Wildman–Crippen LogP) is -0.341. The quantitative estimate of drug-likeness (QED) is 0.180. The normalized spacial score (nSPS) is 16.2. The molecule has 0 aromatic carbocycles. The average Bonchev–Trinajstić information content (AvgIpc) is 3.41. The van der Waals surface area contributed by atoms with Crippen molar-refractivity contribution in [1.82, 2.24) is 35.6 Å². The van der Waals surface area contributed by atoms with Crippen molar-refractivity contribution in [1.29, 1.82) is 0 Å². The van der Waals surface area contributed by atoms with Crippen LogP contribution in [0.4, 0.5) is 5.95 Å². The Labute approximate surface area is 183 Å². The molecule has 3 aromatic rings. The summed E-state index contributed by atoms with van der Waals surface area (Å²) in [6, 6.07) is 8.98. The SMILES string of the molecule is CN(N)N/C(N)=N\c1nccc(-c2cccc(-c3ccon3)n2)n1.CN1CCC(O)C1=O. The molecule has 4 rings (SSSR count). The first-order valence-electron chi connectivity index (χ1n) is 9.57. The third-order valence-electron chi connectivity index (χ3n) is 4.27. The second kappa shape index (κ2) is 10.4. The first-order valence-corrected chi connectivity index (χ1v) is 9.57. The Bertz CT molecular complexity index is 1060. The van der Waals surface area contributed by atoms with Gasteiger partial charge in [-0.05, 0) is 24.6 Å². The third kappa shape index (κ3) is 6.04. The summed E-state index contributed by atoms with van der Waals surface area (Å²) >= 11 is 0. The van der Waals surface area contributed by atoms with Crippen LogP contribution in [-0.2, 0) is 4.79 Å². The Kier molecular flexibility index (Phi) is 7.38. The molecule has 1 saturated heterocycles. The molecule has 6 N–H and O–H groups in total. The molecule has 0 bridgehead atoms. The summed E-state index contributed by atoms with van der Waals surface area (Å²) in [7, 11) is 3.28. The van der Waals surface area contributed by atoms with E-state index in [1.165, 1.54) is 16.3 Å². The van der Waals surface area contributed by atoms with Crippen molar-refractivity contribution in [2.45, 2.75) is 12.5 Å². The lowest BCUT2D eigenvalue weighted by atomic mass is 10.2. The Morgan fingerprint density at radius 3 is 2.53 bits per heavy atom. The number of rotatable bonds is 4. The molecular formula is C19H24N10O3. The van der Waals surface area contributed by atoms with Crippen molar-refractivity contribution in [2.24, 2.45) is 16.6 Å². The monoisotopic (exact) mass is 440 g/mol. The van der Waals surface area contributed by atoms with Crippen LogP contribution in [-0.4, -0.2) is 73.8 Å². The van der Waals surface area contributed by atoms with Gasteiger partial charge in [0.1, 0.15) is 18.1 Å². The number of carbonyl (C=O) groups is 1. The number of hydrogen-bond donors (Lipinski definition) is 4. The Morgan fingerprint density at radius 2 is 1.97 bits per heavy atom. The van der Waals surface area contributed by atoms with Crippen LogP contribution in [0.15, 0.2) is 52.3 Å². The molecule has 0 radical (unpaired) electrons. The number of amides is 1. The lowest BCUT2D eigenvalue weighted by Gasteiger charge is -2.11. The minimum Gasteiger partial charge on any atom is -0.383 e. The predicted molar refractivity (Wildman–Crippen MR) is 115 cm³/mol. The highest BCUT2D eigenvalue weighted by Crippen LogP contribution is 2.21. The van der Waals surface area contributed by atoms with Crippen molar-refractivity contribution in [2.75, 3.05) is 20.6 Å². The fourth-order valence-electron chi connectivity index (χ4n) is 2.73. The average molecular weight is 440 g/mol. The summed E-state index contributed by atoms with van der Waals surface area (Å²) < 4.78 is 4.84. The van der Waals surface area contributed by atoms with Crippen molar-refractivity contribution in [3.63, 3.8) is 0 Å². The van der Waals surface area contributed by atoms with Gasteiger partial charge in [-0.2, -0.15) is 10.1 Å². The fourth-order valence-corrected chi connectivity index (χ4v) is 2.73. The summed E-state index contributed by atoms with van der Waals surface area (Å²) in [5.74, 6) is 5.54. The van der Waals surface area contributed by atoms with Crippen LogP contribution >= 0.6 is 0 Å². The van der Waals surface area contributed by atoms with Crippen molar-refractivity contribution >= 4 is 17.8 Å². The van der Waals surface area contributed by atoms with Crippen LogP contribution < -0.4 is 17.0 Å². The van der Waals surface area contributed by atoms with Gasteiger partial charge in [-0.1, -0.05) is 11.2 Å². The van der Waals surface area contributed by atoms with E-state index in [4.69, 9.17) is 21.2 Å². The molecular weight excluding hydrogens is 416 g/mol. The molecule has 0 aliphatic carbocycles. The van der Waals surface area contributed by atoms with Gasteiger partial charge in [0.25, 0.3) is 11.9 Å². The summed E-state index contributed by atoms with van der Waals surface area (Å²) in [5, 5.41) is 13.8. The number of likely N-dealkylation sites (N-methyl/N-ethyl adjacent to an activating group) is 1. The van der Waals surface area contributed by atoms with Gasteiger partial charge in [0.05, 0.1) is 17.1 Å². The van der Waals surface area contributed by atoms with E-state index in [0.717, 1.165) is 0 Å². The summed E-state index contributed by atoms with van der Waals surface area (Å²) in [6.45, 7) is 0.694. The zero-order chi connectivity index (χ0) is 23.1. The molecule has 32 heavy (non-hydrogen) atoms. The second-order valence-corrected chi connectivity index (χ2v) is 6.82. The number of pyridine rings is 1. The number of guanidine groups is 1. The molecule has 1 fully saturated rings. The Hall–Kier alpha value is -3.94. The maximum absolute atomic E-state index is 10.6. The molecule has 13 nitrogen and oxygen atoms in total. The lowest BCUT2D eigenvalue weighted by molar-refractivity contribution is -0.133. The largest absolute Gasteiger partial charge is 0.383 e. The fraction of sp³-hybridized carbons (Fsp3) is 0.263. The van der Waals surface area contributed by atoms with Gasteiger partial charge in [-0.25, -0.2) is 15.0 Å². The van der Waals surface area contributed by atoms with E-state index in [9.17, 15) is 4.79 Å². The Balaban J connectivity index is 0.000000305. The summed E-state index contributed by atoms with van der Waals surface area (Å²) in [4.78, 5) is 29.1. The highest BCUT2D eigenvalue weighted by Gasteiger charge is 2.25. The number of aliphatic hydroxyl groups excluding tert-OH is 1. The number of hydrazine groups is 2. The number of hydrogen-bond acceptors (Lipinski definition) is 10. The van der Waals surface area contributed by atoms with Crippen LogP contribution in [0.5, 0.6) is 0 Å². The molecule has 1 unspecified atom stereocenters. The highest BCUT2D eigenvalue weighted by atomic mass is 16.5. The number of aliphatic imine (C=N–C) groups is 1. The molecule has 1 aliphatic rings. The van der Waals surface area contributed by atoms with E-state index in [0.29, 0.717) is 35.7 Å². The summed E-state index contributed by atoms with van der Waals surface area (Å²) in [5.41, 5.74) is 10.9. The molecule has 0 saturated carbocycles. The molecule has 1 aliphatic heterocycles. The molecule has 4 heterocycles. The number of nitrogens with two attached hydrogens (primary N) is 2. The first kappa shape index (κ1) is 22.7. The molecule has 1 atom stereocenters. The van der Waals surface area contributed by atoms with Gasteiger partial charge in [-0.15, -0.1) is 0 Å². The van der Waals surface area contributed by atoms with Crippen LogP contribution in [0.1, 0.15) is 6.42 Å². The van der Waals surface area contributed by atoms with E-state index in [-0.39, 0.29) is 17.8 Å². The molecule has 0 spiro atoms. The van der Waals surface area contributed by atoms with Gasteiger partial charge in [0.2, 0.25) is 5.96 Å². The smallest absolute Gasteiger partial charge is 0.253 e. The zero-order valence-corrected chi connectivity index (χ0v) is 17.6. The third-order valence-corrected chi connectivity index (χ3v) is 4.27. The van der Waals surface area contributed by atoms with Crippen LogP contribution in [0, 0.1) is 0 Å². The zero-order valence-electron chi connectivity index (χ0n) is 17.6. The van der Waals surface area contributed by atoms with Gasteiger partial charge in [-0.3, -0.25) is 16.1 Å². The highest BCUT2D eigenvalue weighted by molar-refractivity contribution is 5.82. The van der Waals surface area contributed by atoms with Crippen molar-refractivity contribution in [3.8, 4) is 22.8 Å². The van der Waals surface area contributed by atoms with Crippen molar-refractivity contribution < 1.29 is 14.4 Å². The van der Waals surface area contributed by atoms with E-state index >= 15 is 0 Å². The van der Waals surface area contributed by atoms with Gasteiger partial charge in [0, 0.05) is 32.9 Å². The molecule has 13 heteroatoms. The van der Waals surface area contributed by atoms with Crippen LogP contribution in [0.3, 0.4) is 0 Å². The maximum Gasteiger partial charge on any atom is 0.253 e. The number of nitrogens with zero attached hydrogens (tertiary/aromatic N) is 7. The summed E-state index contributed by atoms with van der Waals surface area (Å²) in [6.07, 6.45) is 2.94. The number of likely N-dealkylation sites (tertiary alicyclic amines) is 1. The topological polar surface area (TPSA) is 185 Å². The number of aromatic nitrogens is 4. The van der Waals surface area contributed by atoms with E-state index in [1.54, 1.807) is 32.4 Å². The molecule has 3 aromatic heterocycles. The Morgan fingerprint density at radius 1 is 1.25 bits per heavy atom. The minimum absolute atomic E-state index is 0.0708. The number of carbonyl (C=O) groups excluding carboxylic acids is 1. The minimum atomic E-state index is -0.722. The van der Waals surface area contributed by atoms with E-state index in [2.05, 4.69) is 30.5 Å². The lowest BCUT2D eigenvalue weighted by Crippen LogP contribution is -2.47. The van der Waals surface area contributed by atoms with E-state index < -0.39 is 6.10 Å².